The number of rotatable bonds is 4. The first kappa shape index (κ1) is 17.9. The molecular weight excluding hydrogens is 358 g/mol. The number of fused-ring (bicyclic) bond motifs is 2. The van der Waals surface area contributed by atoms with Crippen LogP contribution in [0.4, 0.5) is 0 Å². The van der Waals surface area contributed by atoms with Gasteiger partial charge in [-0.25, -0.2) is 4.79 Å². The molecule has 1 aliphatic rings. The molecule has 2 aromatic carbocycles. The maximum Gasteiger partial charge on any atom is 0.327 e. The highest BCUT2D eigenvalue weighted by atomic mass is 32.2. The minimum Gasteiger partial charge on any atom is -0.480 e. The van der Waals surface area contributed by atoms with Gasteiger partial charge >= 0.3 is 5.97 Å². The predicted octanol–water partition coefficient (Wildman–Crippen LogP) is 4.45. The molecule has 0 aliphatic carbocycles. The second-order valence-electron chi connectivity index (χ2n) is 7.23. The summed E-state index contributed by atoms with van der Waals surface area (Å²) in [7, 11) is 0. The van der Waals surface area contributed by atoms with Crippen molar-refractivity contribution in [3.05, 3.63) is 75.6 Å². The van der Waals surface area contributed by atoms with Crippen molar-refractivity contribution in [3.8, 4) is 0 Å². The third kappa shape index (κ3) is 3.06. The Hall–Kier alpha value is -2.53. The highest BCUT2D eigenvalue weighted by molar-refractivity contribution is 7.99. The topological polar surface area (TPSA) is 59.3 Å². The lowest BCUT2D eigenvalue weighted by Crippen LogP contribution is -2.29. The summed E-state index contributed by atoms with van der Waals surface area (Å²) in [5.41, 5.74) is 3.05. The number of carbonyl (C=O) groups is 1. The maximum atomic E-state index is 12.8. The van der Waals surface area contributed by atoms with Gasteiger partial charge in [-0.05, 0) is 39.8 Å². The van der Waals surface area contributed by atoms with Crippen molar-refractivity contribution in [2.45, 2.75) is 37.3 Å². The van der Waals surface area contributed by atoms with Gasteiger partial charge in [0, 0.05) is 11.8 Å². The van der Waals surface area contributed by atoms with E-state index >= 15 is 0 Å². The molecule has 0 spiro atoms. The molecule has 1 N–H and O–H groups in total. The summed E-state index contributed by atoms with van der Waals surface area (Å²) >= 11 is 1.48. The summed E-state index contributed by atoms with van der Waals surface area (Å²) < 4.78 is 1.47. The molecule has 0 radical (unpaired) electrons. The zero-order valence-corrected chi connectivity index (χ0v) is 16.1. The normalized spacial score (nSPS) is 16.0. The molecule has 1 aromatic heterocycles. The molecule has 4 rings (SSSR count). The highest BCUT2D eigenvalue weighted by Gasteiger charge is 2.33. The molecule has 0 saturated heterocycles. The molecule has 0 bridgehead atoms. The molecular formula is C22H21NO3S. The molecule has 0 saturated carbocycles. The third-order valence-electron chi connectivity index (χ3n) is 5.14. The number of carboxylic acid groups (broad SMARTS) is 1. The highest BCUT2D eigenvalue weighted by Crippen LogP contribution is 2.39. The second kappa shape index (κ2) is 6.89. The number of benzene rings is 2. The Kier molecular flexibility index (Phi) is 4.56. The van der Waals surface area contributed by atoms with E-state index in [0.29, 0.717) is 12.2 Å². The Morgan fingerprint density at radius 2 is 1.93 bits per heavy atom. The van der Waals surface area contributed by atoms with Crippen LogP contribution >= 0.6 is 11.8 Å². The Balaban J connectivity index is 1.88. The standard InChI is InChI=1S/C22H21NO3S/c1-13(2)20-16(10-15-8-5-7-14-6-3-4-9-17(14)15)11-19(24)23-18(22(25)26)12-27-21(20)23/h3-9,11,13,18H,10,12H2,1-2H3,(H,25,26)/t18-/m0/s1. The second-order valence-corrected chi connectivity index (χ2v) is 8.24. The minimum absolute atomic E-state index is 0.205. The fourth-order valence-corrected chi connectivity index (χ4v) is 5.42. The summed E-state index contributed by atoms with van der Waals surface area (Å²) in [5, 5.41) is 12.6. The largest absolute Gasteiger partial charge is 0.480 e. The fraction of sp³-hybridized carbons (Fsp3) is 0.273. The quantitative estimate of drug-likeness (QED) is 0.728. The molecule has 138 valence electrons. The number of hydrogen-bond acceptors (Lipinski definition) is 3. The Morgan fingerprint density at radius 1 is 1.19 bits per heavy atom. The lowest BCUT2D eigenvalue weighted by Gasteiger charge is -2.19. The molecule has 1 aliphatic heterocycles. The number of hydrogen-bond donors (Lipinski definition) is 1. The van der Waals surface area contributed by atoms with Crippen LogP contribution in [0.2, 0.25) is 0 Å². The molecule has 0 amide bonds. The minimum atomic E-state index is -0.945. The summed E-state index contributed by atoms with van der Waals surface area (Å²) in [4.78, 5) is 24.3. The van der Waals surface area contributed by atoms with Crippen LogP contribution in [0.5, 0.6) is 0 Å². The van der Waals surface area contributed by atoms with Gasteiger partial charge in [0.2, 0.25) is 0 Å². The van der Waals surface area contributed by atoms with Gasteiger partial charge in [-0.3, -0.25) is 9.36 Å². The molecule has 4 nitrogen and oxygen atoms in total. The van der Waals surface area contributed by atoms with E-state index in [1.165, 1.54) is 32.7 Å². The van der Waals surface area contributed by atoms with E-state index in [0.717, 1.165) is 16.2 Å². The number of aromatic nitrogens is 1. The van der Waals surface area contributed by atoms with Gasteiger partial charge in [-0.1, -0.05) is 56.3 Å². The van der Waals surface area contributed by atoms with Crippen molar-refractivity contribution >= 4 is 28.5 Å². The van der Waals surface area contributed by atoms with Crippen LogP contribution in [-0.4, -0.2) is 21.4 Å². The number of thioether (sulfide) groups is 1. The van der Waals surface area contributed by atoms with Crippen molar-refractivity contribution in [1.29, 1.82) is 0 Å². The van der Waals surface area contributed by atoms with Crippen molar-refractivity contribution in [1.82, 2.24) is 4.57 Å². The lowest BCUT2D eigenvalue weighted by molar-refractivity contribution is -0.140. The fourth-order valence-electron chi connectivity index (χ4n) is 3.94. The van der Waals surface area contributed by atoms with Gasteiger partial charge in [0.15, 0.2) is 0 Å². The van der Waals surface area contributed by atoms with Gasteiger partial charge in [0.05, 0.1) is 5.03 Å². The van der Waals surface area contributed by atoms with E-state index in [4.69, 9.17) is 0 Å². The van der Waals surface area contributed by atoms with Crippen LogP contribution < -0.4 is 5.56 Å². The Labute approximate surface area is 161 Å². The van der Waals surface area contributed by atoms with E-state index in [9.17, 15) is 14.7 Å². The monoisotopic (exact) mass is 379 g/mol. The molecule has 3 aromatic rings. The number of pyridine rings is 1. The molecule has 0 unspecified atom stereocenters. The smallest absolute Gasteiger partial charge is 0.327 e. The lowest BCUT2D eigenvalue weighted by atomic mass is 9.92. The van der Waals surface area contributed by atoms with Crippen molar-refractivity contribution in [2.24, 2.45) is 0 Å². The van der Waals surface area contributed by atoms with E-state index in [1.54, 1.807) is 6.07 Å². The van der Waals surface area contributed by atoms with Crippen LogP contribution in [0.1, 0.15) is 42.5 Å². The number of aliphatic carboxylic acids is 1. The average Bonchev–Trinajstić information content (AvgIpc) is 3.07. The molecule has 5 heteroatoms. The van der Waals surface area contributed by atoms with Crippen LogP contribution in [0.15, 0.2) is 58.4 Å². The SMILES string of the molecule is CC(C)c1c(Cc2cccc3ccccc23)cc(=O)n2c1SC[C@H]2C(=O)O. The van der Waals surface area contributed by atoms with E-state index in [1.807, 2.05) is 18.2 Å². The molecule has 27 heavy (non-hydrogen) atoms. The van der Waals surface area contributed by atoms with E-state index in [2.05, 4.69) is 38.1 Å². The maximum absolute atomic E-state index is 12.8. The van der Waals surface area contributed by atoms with Gasteiger partial charge in [-0.2, -0.15) is 0 Å². The zero-order valence-electron chi connectivity index (χ0n) is 15.3. The van der Waals surface area contributed by atoms with E-state index in [-0.39, 0.29) is 11.5 Å². The van der Waals surface area contributed by atoms with Crippen LogP contribution in [0.25, 0.3) is 10.8 Å². The number of nitrogens with zero attached hydrogens (tertiary/aromatic N) is 1. The van der Waals surface area contributed by atoms with Gasteiger partial charge in [0.1, 0.15) is 6.04 Å². The first-order chi connectivity index (χ1) is 13.0. The molecule has 0 fully saturated rings. The first-order valence-electron chi connectivity index (χ1n) is 9.08. The average molecular weight is 379 g/mol. The van der Waals surface area contributed by atoms with Crippen molar-refractivity contribution < 1.29 is 9.90 Å². The van der Waals surface area contributed by atoms with E-state index < -0.39 is 12.0 Å². The van der Waals surface area contributed by atoms with Crippen LogP contribution in [-0.2, 0) is 11.2 Å². The van der Waals surface area contributed by atoms with Gasteiger partial charge in [0.25, 0.3) is 5.56 Å². The van der Waals surface area contributed by atoms with Crippen LogP contribution in [0, 0.1) is 0 Å². The Bertz CT molecular complexity index is 1100. The predicted molar refractivity (Wildman–Crippen MR) is 109 cm³/mol. The zero-order chi connectivity index (χ0) is 19.1. The third-order valence-corrected chi connectivity index (χ3v) is 6.32. The number of carboxylic acids is 1. The van der Waals surface area contributed by atoms with Gasteiger partial charge < -0.3 is 5.11 Å². The first-order valence-corrected chi connectivity index (χ1v) is 10.1. The van der Waals surface area contributed by atoms with Crippen molar-refractivity contribution in [2.75, 3.05) is 5.75 Å². The summed E-state index contributed by atoms with van der Waals surface area (Å²) in [6.45, 7) is 4.20. The van der Waals surface area contributed by atoms with Crippen molar-refractivity contribution in [3.63, 3.8) is 0 Å². The van der Waals surface area contributed by atoms with Gasteiger partial charge in [-0.15, -0.1) is 11.8 Å². The summed E-state index contributed by atoms with van der Waals surface area (Å²) in [6, 6.07) is 15.3. The summed E-state index contributed by atoms with van der Waals surface area (Å²) in [5.74, 6) is -0.334. The molecule has 1 atom stereocenters. The Morgan fingerprint density at radius 3 is 2.67 bits per heavy atom. The molecule has 2 heterocycles. The summed E-state index contributed by atoms with van der Waals surface area (Å²) in [6.07, 6.45) is 0.663. The van der Waals surface area contributed by atoms with Crippen LogP contribution in [0.3, 0.4) is 0 Å².